The van der Waals surface area contributed by atoms with E-state index in [9.17, 15) is 18.3 Å². The van der Waals surface area contributed by atoms with Crippen molar-refractivity contribution in [1.82, 2.24) is 4.31 Å². The number of sulfonamides is 1. The summed E-state index contributed by atoms with van der Waals surface area (Å²) in [5.41, 5.74) is 0.525. The Morgan fingerprint density at radius 2 is 1.75 bits per heavy atom. The first kappa shape index (κ1) is 16.5. The summed E-state index contributed by atoms with van der Waals surface area (Å²) in [6, 6.07) is 4.20. The molecular formula is C13H20N2O4S. The number of anilines is 1. The van der Waals surface area contributed by atoms with Crippen LogP contribution in [0.25, 0.3) is 0 Å². The SMILES string of the molecule is CCN(CC)c1ccc(S(=O)(=O)N(C)C)cc1C(=O)O. The summed E-state index contributed by atoms with van der Waals surface area (Å²) in [5, 5.41) is 9.30. The highest BCUT2D eigenvalue weighted by Gasteiger charge is 2.22. The Labute approximate surface area is 119 Å². The normalized spacial score (nSPS) is 11.7. The molecule has 0 fully saturated rings. The van der Waals surface area contributed by atoms with Crippen LogP contribution in [0.5, 0.6) is 0 Å². The standard InChI is InChI=1S/C13H20N2O4S/c1-5-15(6-2)12-8-7-10(9-11(12)13(16)17)20(18,19)14(3)4/h7-9H,5-6H2,1-4H3,(H,16,17). The topological polar surface area (TPSA) is 77.9 Å². The van der Waals surface area contributed by atoms with Gasteiger partial charge in [-0.2, -0.15) is 0 Å². The second kappa shape index (κ2) is 6.23. The minimum absolute atomic E-state index is 0.00312. The maximum atomic E-state index is 12.0. The molecule has 0 amide bonds. The second-order valence-corrected chi connectivity index (χ2v) is 6.60. The van der Waals surface area contributed by atoms with Gasteiger partial charge >= 0.3 is 5.97 Å². The molecule has 0 radical (unpaired) electrons. The highest BCUT2D eigenvalue weighted by Crippen LogP contribution is 2.25. The van der Waals surface area contributed by atoms with Crippen molar-refractivity contribution in [3.63, 3.8) is 0 Å². The molecule has 0 atom stereocenters. The van der Waals surface area contributed by atoms with Crippen molar-refractivity contribution >= 4 is 21.7 Å². The molecule has 0 aromatic heterocycles. The van der Waals surface area contributed by atoms with Gasteiger partial charge in [0.1, 0.15) is 0 Å². The van der Waals surface area contributed by atoms with Gasteiger partial charge in [0.15, 0.2) is 0 Å². The van der Waals surface area contributed by atoms with Gasteiger partial charge < -0.3 is 10.0 Å². The molecule has 0 spiro atoms. The Morgan fingerprint density at radius 1 is 1.20 bits per heavy atom. The van der Waals surface area contributed by atoms with Gasteiger partial charge in [-0.25, -0.2) is 17.5 Å². The molecule has 6 nitrogen and oxygen atoms in total. The van der Waals surface area contributed by atoms with Gasteiger partial charge in [0.2, 0.25) is 10.0 Å². The van der Waals surface area contributed by atoms with Crippen molar-refractivity contribution < 1.29 is 18.3 Å². The quantitative estimate of drug-likeness (QED) is 0.861. The molecule has 0 aliphatic rings. The molecule has 0 aliphatic carbocycles. The molecular weight excluding hydrogens is 280 g/mol. The van der Waals surface area contributed by atoms with Gasteiger partial charge in [-0.1, -0.05) is 0 Å². The minimum Gasteiger partial charge on any atom is -0.478 e. The van der Waals surface area contributed by atoms with Crippen molar-refractivity contribution in [3.8, 4) is 0 Å². The van der Waals surface area contributed by atoms with Crippen LogP contribution in [-0.4, -0.2) is 51.0 Å². The third kappa shape index (κ3) is 3.10. The molecule has 0 saturated heterocycles. The number of nitrogens with zero attached hydrogens (tertiary/aromatic N) is 2. The van der Waals surface area contributed by atoms with E-state index in [0.717, 1.165) is 4.31 Å². The maximum Gasteiger partial charge on any atom is 0.337 e. The summed E-state index contributed by atoms with van der Waals surface area (Å²) in [4.78, 5) is 13.2. The van der Waals surface area contributed by atoms with Crippen LogP contribution < -0.4 is 4.90 Å². The van der Waals surface area contributed by atoms with E-state index in [4.69, 9.17) is 0 Å². The smallest absolute Gasteiger partial charge is 0.337 e. The Kier molecular flexibility index (Phi) is 5.13. The lowest BCUT2D eigenvalue weighted by atomic mass is 10.1. The Hall–Kier alpha value is -1.60. The van der Waals surface area contributed by atoms with Gasteiger partial charge in [0, 0.05) is 27.2 Å². The monoisotopic (exact) mass is 300 g/mol. The lowest BCUT2D eigenvalue weighted by molar-refractivity contribution is 0.0697. The molecule has 1 N–H and O–H groups in total. The summed E-state index contributed by atoms with van der Waals surface area (Å²) in [6.45, 7) is 5.13. The first-order valence-electron chi connectivity index (χ1n) is 6.30. The van der Waals surface area contributed by atoms with Crippen LogP contribution in [0.3, 0.4) is 0 Å². The summed E-state index contributed by atoms with van der Waals surface area (Å²) in [7, 11) is -0.816. The molecule has 0 saturated carbocycles. The maximum absolute atomic E-state index is 12.0. The molecule has 1 aromatic rings. The highest BCUT2D eigenvalue weighted by molar-refractivity contribution is 7.89. The Morgan fingerprint density at radius 3 is 2.15 bits per heavy atom. The molecule has 0 aliphatic heterocycles. The number of carboxylic acid groups (broad SMARTS) is 1. The van der Waals surface area contributed by atoms with Crippen molar-refractivity contribution in [2.45, 2.75) is 18.7 Å². The lowest BCUT2D eigenvalue weighted by Gasteiger charge is -2.23. The highest BCUT2D eigenvalue weighted by atomic mass is 32.2. The predicted octanol–water partition coefficient (Wildman–Crippen LogP) is 1.48. The van der Waals surface area contributed by atoms with Gasteiger partial charge in [0.05, 0.1) is 16.1 Å². The fourth-order valence-electron chi connectivity index (χ4n) is 1.90. The average Bonchev–Trinajstić information content (AvgIpc) is 2.39. The van der Waals surface area contributed by atoms with Crippen molar-refractivity contribution in [2.75, 3.05) is 32.1 Å². The van der Waals surface area contributed by atoms with Gasteiger partial charge in [-0.3, -0.25) is 0 Å². The van der Waals surface area contributed by atoms with E-state index in [0.29, 0.717) is 18.8 Å². The molecule has 7 heteroatoms. The van der Waals surface area contributed by atoms with E-state index >= 15 is 0 Å². The number of benzene rings is 1. The zero-order valence-electron chi connectivity index (χ0n) is 12.1. The van der Waals surface area contributed by atoms with E-state index < -0.39 is 16.0 Å². The van der Waals surface area contributed by atoms with Crippen molar-refractivity contribution in [3.05, 3.63) is 23.8 Å². The minimum atomic E-state index is -3.64. The summed E-state index contributed by atoms with van der Waals surface area (Å²) >= 11 is 0. The van der Waals surface area contributed by atoms with Gasteiger partial charge in [-0.05, 0) is 32.0 Å². The number of carbonyl (C=O) groups is 1. The predicted molar refractivity (Wildman–Crippen MR) is 77.8 cm³/mol. The van der Waals surface area contributed by atoms with Crippen LogP contribution in [-0.2, 0) is 10.0 Å². The third-order valence-electron chi connectivity index (χ3n) is 3.08. The van der Waals surface area contributed by atoms with Crippen molar-refractivity contribution in [1.29, 1.82) is 0 Å². The van der Waals surface area contributed by atoms with E-state index in [1.54, 1.807) is 6.07 Å². The number of hydrogen-bond donors (Lipinski definition) is 1. The Bertz CT molecular complexity index is 592. The number of rotatable bonds is 6. The number of aromatic carboxylic acids is 1. The van der Waals surface area contributed by atoms with E-state index in [1.165, 1.54) is 26.2 Å². The van der Waals surface area contributed by atoms with Gasteiger partial charge in [0.25, 0.3) is 0 Å². The molecule has 20 heavy (non-hydrogen) atoms. The van der Waals surface area contributed by atoms with Gasteiger partial charge in [-0.15, -0.1) is 0 Å². The number of hydrogen-bond acceptors (Lipinski definition) is 4. The fourth-order valence-corrected chi connectivity index (χ4v) is 2.83. The van der Waals surface area contributed by atoms with E-state index in [2.05, 4.69) is 0 Å². The van der Waals surface area contributed by atoms with Crippen LogP contribution in [0.2, 0.25) is 0 Å². The number of carboxylic acids is 1. The summed E-state index contributed by atoms with van der Waals surface area (Å²) in [5.74, 6) is -1.14. The van der Waals surface area contributed by atoms with Crippen molar-refractivity contribution in [2.24, 2.45) is 0 Å². The third-order valence-corrected chi connectivity index (χ3v) is 4.89. The van der Waals surface area contributed by atoms with E-state index in [-0.39, 0.29) is 10.5 Å². The molecule has 112 valence electrons. The largest absolute Gasteiger partial charge is 0.478 e. The van der Waals surface area contributed by atoms with Crippen LogP contribution >= 0.6 is 0 Å². The van der Waals surface area contributed by atoms with Crippen LogP contribution in [0.15, 0.2) is 23.1 Å². The molecule has 1 aromatic carbocycles. The fraction of sp³-hybridized carbons (Fsp3) is 0.462. The first-order chi connectivity index (χ1) is 9.25. The zero-order valence-corrected chi connectivity index (χ0v) is 12.9. The van der Waals surface area contributed by atoms with Crippen LogP contribution in [0, 0.1) is 0 Å². The summed E-state index contributed by atoms with van der Waals surface area (Å²) in [6.07, 6.45) is 0. The molecule has 0 heterocycles. The summed E-state index contributed by atoms with van der Waals surface area (Å²) < 4.78 is 25.2. The first-order valence-corrected chi connectivity index (χ1v) is 7.74. The average molecular weight is 300 g/mol. The molecule has 1 rings (SSSR count). The molecule has 0 unspecified atom stereocenters. The lowest BCUT2D eigenvalue weighted by Crippen LogP contribution is -2.26. The molecule has 0 bridgehead atoms. The second-order valence-electron chi connectivity index (χ2n) is 4.44. The Balaban J connectivity index is 3.46. The van der Waals surface area contributed by atoms with E-state index in [1.807, 2.05) is 18.7 Å². The van der Waals surface area contributed by atoms with Crippen LogP contribution in [0.4, 0.5) is 5.69 Å². The zero-order chi connectivity index (χ0) is 15.5. The van der Waals surface area contributed by atoms with Crippen LogP contribution in [0.1, 0.15) is 24.2 Å².